The van der Waals surface area contributed by atoms with Gasteiger partial charge in [-0.05, 0) is 37.3 Å². The number of nitrogen functional groups attached to an aromatic ring is 1. The van der Waals surface area contributed by atoms with E-state index < -0.39 is 0 Å². The first-order chi connectivity index (χ1) is 8.13. The van der Waals surface area contributed by atoms with Crippen molar-refractivity contribution < 1.29 is 0 Å². The number of thioether (sulfide) groups is 1. The summed E-state index contributed by atoms with van der Waals surface area (Å²) in [5, 5.41) is 0. The van der Waals surface area contributed by atoms with E-state index in [0.29, 0.717) is 10.7 Å². The summed E-state index contributed by atoms with van der Waals surface area (Å²) in [6.45, 7) is 0.965. The van der Waals surface area contributed by atoms with E-state index in [-0.39, 0.29) is 0 Å². The molecule has 0 radical (unpaired) electrons. The van der Waals surface area contributed by atoms with Crippen molar-refractivity contribution in [2.45, 2.75) is 24.1 Å². The molecular formula is C12H14BrN3S. The maximum Gasteiger partial charge on any atom is 0.201 e. The van der Waals surface area contributed by atoms with Crippen LogP contribution in [0.2, 0.25) is 0 Å². The number of nitrogens with zero attached hydrogens (tertiary/aromatic N) is 2. The molecule has 0 amide bonds. The zero-order chi connectivity index (χ0) is 12.0. The third-order valence-corrected chi connectivity index (χ3v) is 5.32. The van der Waals surface area contributed by atoms with Crippen LogP contribution < -0.4 is 5.73 Å². The van der Waals surface area contributed by atoms with Gasteiger partial charge in [-0.2, -0.15) is 11.8 Å². The molecule has 0 spiro atoms. The van der Waals surface area contributed by atoms with Gasteiger partial charge in [0.1, 0.15) is 0 Å². The summed E-state index contributed by atoms with van der Waals surface area (Å²) in [5.41, 5.74) is 8.12. The number of hydrogen-bond acceptors (Lipinski definition) is 3. The predicted octanol–water partition coefficient (Wildman–Crippen LogP) is 3.28. The van der Waals surface area contributed by atoms with Gasteiger partial charge in [0.05, 0.1) is 11.0 Å². The molecule has 0 bridgehead atoms. The first-order valence-electron chi connectivity index (χ1n) is 5.60. The molecule has 1 saturated carbocycles. The molecule has 3 nitrogen and oxygen atoms in total. The van der Waals surface area contributed by atoms with Crippen LogP contribution in [0.15, 0.2) is 22.7 Å². The van der Waals surface area contributed by atoms with E-state index in [9.17, 15) is 0 Å². The Hall–Kier alpha value is -0.680. The molecule has 5 heteroatoms. The van der Waals surface area contributed by atoms with E-state index in [0.717, 1.165) is 22.1 Å². The number of aromatic nitrogens is 2. The van der Waals surface area contributed by atoms with Gasteiger partial charge in [-0.1, -0.05) is 15.9 Å². The number of nitrogens with two attached hydrogens (primary N) is 1. The van der Waals surface area contributed by atoms with Crippen LogP contribution in [0.1, 0.15) is 12.8 Å². The summed E-state index contributed by atoms with van der Waals surface area (Å²) in [6.07, 6.45) is 4.74. The topological polar surface area (TPSA) is 43.8 Å². The van der Waals surface area contributed by atoms with Crippen LogP contribution >= 0.6 is 27.7 Å². The molecule has 1 fully saturated rings. The second-order valence-electron chi connectivity index (χ2n) is 4.58. The summed E-state index contributed by atoms with van der Waals surface area (Å²) in [6, 6.07) is 6.10. The van der Waals surface area contributed by atoms with Crippen molar-refractivity contribution in [2.75, 3.05) is 12.0 Å². The summed E-state index contributed by atoms with van der Waals surface area (Å²) in [5.74, 6) is 0.624. The van der Waals surface area contributed by atoms with Gasteiger partial charge in [-0.15, -0.1) is 0 Å². The monoisotopic (exact) mass is 311 g/mol. The van der Waals surface area contributed by atoms with E-state index in [1.54, 1.807) is 0 Å². The third kappa shape index (κ3) is 1.95. The van der Waals surface area contributed by atoms with Gasteiger partial charge in [0.25, 0.3) is 0 Å². The zero-order valence-corrected chi connectivity index (χ0v) is 12.0. The van der Waals surface area contributed by atoms with Crippen molar-refractivity contribution in [3.63, 3.8) is 0 Å². The van der Waals surface area contributed by atoms with Crippen molar-refractivity contribution >= 4 is 44.7 Å². The molecule has 3 rings (SSSR count). The first kappa shape index (κ1) is 11.4. The van der Waals surface area contributed by atoms with Crippen molar-refractivity contribution in [2.24, 2.45) is 0 Å². The predicted molar refractivity (Wildman–Crippen MR) is 77.3 cm³/mol. The van der Waals surface area contributed by atoms with Gasteiger partial charge in [-0.25, -0.2) is 4.98 Å². The third-order valence-electron chi connectivity index (χ3n) is 3.43. The quantitative estimate of drug-likeness (QED) is 0.946. The second kappa shape index (κ2) is 3.92. The Morgan fingerprint density at radius 2 is 2.29 bits per heavy atom. The fraction of sp³-hybridized carbons (Fsp3) is 0.417. The molecular weight excluding hydrogens is 298 g/mol. The molecule has 0 saturated heterocycles. The lowest BCUT2D eigenvalue weighted by molar-refractivity contribution is 0.687. The van der Waals surface area contributed by atoms with Gasteiger partial charge < -0.3 is 10.3 Å². The highest BCUT2D eigenvalue weighted by Gasteiger charge is 2.42. The van der Waals surface area contributed by atoms with Crippen LogP contribution in [-0.4, -0.2) is 20.6 Å². The number of rotatable bonds is 3. The Morgan fingerprint density at radius 3 is 2.94 bits per heavy atom. The molecule has 2 N–H and O–H groups in total. The highest BCUT2D eigenvalue weighted by atomic mass is 79.9. The van der Waals surface area contributed by atoms with Crippen molar-refractivity contribution in [1.29, 1.82) is 0 Å². The number of halogens is 1. The first-order valence-corrected chi connectivity index (χ1v) is 7.62. The highest BCUT2D eigenvalue weighted by Crippen LogP contribution is 2.49. The maximum absolute atomic E-state index is 6.02. The summed E-state index contributed by atoms with van der Waals surface area (Å²) >= 11 is 5.44. The van der Waals surface area contributed by atoms with Crippen LogP contribution in [0.3, 0.4) is 0 Å². The molecule has 1 aromatic carbocycles. The fourth-order valence-corrected chi connectivity index (χ4v) is 3.25. The summed E-state index contributed by atoms with van der Waals surface area (Å²) in [7, 11) is 0. The van der Waals surface area contributed by atoms with Crippen LogP contribution in [0.4, 0.5) is 5.95 Å². The van der Waals surface area contributed by atoms with E-state index in [1.807, 2.05) is 23.9 Å². The minimum Gasteiger partial charge on any atom is -0.369 e. The number of imidazole rings is 1. The van der Waals surface area contributed by atoms with E-state index >= 15 is 0 Å². The molecule has 17 heavy (non-hydrogen) atoms. The van der Waals surface area contributed by atoms with Gasteiger partial charge in [0.15, 0.2) is 0 Å². The SMILES string of the molecule is CSC1(Cn2c(N)nc3ccc(Br)cc32)CC1. The summed E-state index contributed by atoms with van der Waals surface area (Å²) in [4.78, 5) is 4.41. The van der Waals surface area contributed by atoms with E-state index in [1.165, 1.54) is 12.8 Å². The van der Waals surface area contributed by atoms with Gasteiger partial charge in [0.2, 0.25) is 5.95 Å². The normalized spacial score (nSPS) is 17.5. The standard InChI is InChI=1S/C12H14BrN3S/c1-17-12(4-5-12)7-16-10-6-8(13)2-3-9(10)15-11(16)14/h2-3,6H,4-5,7H2,1H3,(H2,14,15). The maximum atomic E-state index is 6.02. The smallest absolute Gasteiger partial charge is 0.201 e. The minimum absolute atomic E-state index is 0.393. The molecule has 90 valence electrons. The molecule has 0 unspecified atom stereocenters. The lowest BCUT2D eigenvalue weighted by Gasteiger charge is -2.14. The van der Waals surface area contributed by atoms with Crippen LogP contribution in [0.5, 0.6) is 0 Å². The number of fused-ring (bicyclic) bond motifs is 1. The van der Waals surface area contributed by atoms with Gasteiger partial charge in [0, 0.05) is 15.8 Å². The molecule has 2 aromatic rings. The molecule has 1 aliphatic carbocycles. The Bertz CT molecular complexity index is 574. The van der Waals surface area contributed by atoms with E-state index in [2.05, 4.69) is 37.8 Å². The van der Waals surface area contributed by atoms with Crippen molar-refractivity contribution in [3.8, 4) is 0 Å². The lowest BCUT2D eigenvalue weighted by Crippen LogP contribution is -2.15. The Morgan fingerprint density at radius 1 is 1.53 bits per heavy atom. The Labute approximate surface area is 113 Å². The molecule has 1 aromatic heterocycles. The largest absolute Gasteiger partial charge is 0.369 e. The molecule has 1 heterocycles. The Balaban J connectivity index is 2.08. The van der Waals surface area contributed by atoms with Gasteiger partial charge in [-0.3, -0.25) is 0 Å². The highest BCUT2D eigenvalue weighted by molar-refractivity contribution is 9.10. The molecule has 0 aliphatic heterocycles. The lowest BCUT2D eigenvalue weighted by atomic mass is 10.3. The van der Waals surface area contributed by atoms with Gasteiger partial charge >= 0.3 is 0 Å². The van der Waals surface area contributed by atoms with Crippen LogP contribution in [-0.2, 0) is 6.54 Å². The zero-order valence-electron chi connectivity index (χ0n) is 9.61. The number of hydrogen-bond donors (Lipinski definition) is 1. The minimum atomic E-state index is 0.393. The van der Waals surface area contributed by atoms with Crippen molar-refractivity contribution in [1.82, 2.24) is 9.55 Å². The van der Waals surface area contributed by atoms with Crippen molar-refractivity contribution in [3.05, 3.63) is 22.7 Å². The average molecular weight is 312 g/mol. The average Bonchev–Trinajstić information content (AvgIpc) is 3.03. The van der Waals surface area contributed by atoms with Crippen LogP contribution in [0.25, 0.3) is 11.0 Å². The number of benzene rings is 1. The molecule has 1 aliphatic rings. The molecule has 0 atom stereocenters. The van der Waals surface area contributed by atoms with Crippen LogP contribution in [0, 0.1) is 0 Å². The number of anilines is 1. The Kier molecular flexibility index (Phi) is 2.63. The second-order valence-corrected chi connectivity index (χ2v) is 6.77. The summed E-state index contributed by atoms with van der Waals surface area (Å²) < 4.78 is 3.60. The fourth-order valence-electron chi connectivity index (χ4n) is 2.14. The van der Waals surface area contributed by atoms with E-state index in [4.69, 9.17) is 5.73 Å².